The molecule has 0 aliphatic carbocycles. The number of aliphatic hydroxyl groups is 1. The van der Waals surface area contributed by atoms with Gasteiger partial charge in [0.05, 0.1) is 20.3 Å². The van der Waals surface area contributed by atoms with Crippen LogP contribution in [0.3, 0.4) is 0 Å². The summed E-state index contributed by atoms with van der Waals surface area (Å²) in [6, 6.07) is 7.17. The third kappa shape index (κ3) is 3.34. The van der Waals surface area contributed by atoms with E-state index < -0.39 is 11.6 Å². The first-order valence-corrected chi connectivity index (χ1v) is 8.69. The molecular weight excluding hydrogens is 322 g/mol. The summed E-state index contributed by atoms with van der Waals surface area (Å²) in [5.74, 6) is 0.545. The van der Waals surface area contributed by atoms with E-state index in [1.54, 1.807) is 7.11 Å². The smallest absolute Gasteiger partial charge is 0.325 e. The number of aliphatic hydroxyl groups excluding tert-OH is 1. The van der Waals surface area contributed by atoms with Gasteiger partial charge in [-0.3, -0.25) is 9.69 Å². The zero-order valence-electron chi connectivity index (χ0n) is 14.5. The molecule has 1 unspecified atom stereocenters. The maximum Gasteiger partial charge on any atom is 0.325 e. The van der Waals surface area contributed by atoms with E-state index in [0.717, 1.165) is 42.1 Å². The standard InChI is InChI=1S/C18H25N3O4/c1-25-15-4-2-3-13(11-15)12-18(14-5-7-19-8-6-14)16(23)21(9-10-22)17(24)20-18/h2-4,11,14,19,22H,5-10,12H2,1H3,(H,20,24). The van der Waals surface area contributed by atoms with E-state index >= 15 is 0 Å². The lowest BCUT2D eigenvalue weighted by Crippen LogP contribution is -2.57. The summed E-state index contributed by atoms with van der Waals surface area (Å²) >= 11 is 0. The van der Waals surface area contributed by atoms with Crippen LogP contribution >= 0.6 is 0 Å². The molecule has 0 aromatic heterocycles. The lowest BCUT2D eigenvalue weighted by Gasteiger charge is -2.38. The van der Waals surface area contributed by atoms with Gasteiger partial charge in [-0.15, -0.1) is 0 Å². The van der Waals surface area contributed by atoms with E-state index in [9.17, 15) is 14.7 Å². The predicted molar refractivity (Wildman–Crippen MR) is 92.4 cm³/mol. The third-order valence-electron chi connectivity index (χ3n) is 5.18. The van der Waals surface area contributed by atoms with Gasteiger partial charge in [0, 0.05) is 6.42 Å². The van der Waals surface area contributed by atoms with Gasteiger partial charge in [0.2, 0.25) is 0 Å². The second-order valence-electron chi connectivity index (χ2n) is 6.63. The monoisotopic (exact) mass is 347 g/mol. The van der Waals surface area contributed by atoms with Crippen molar-refractivity contribution in [2.75, 3.05) is 33.4 Å². The van der Waals surface area contributed by atoms with Crippen molar-refractivity contribution in [3.63, 3.8) is 0 Å². The zero-order chi connectivity index (χ0) is 17.9. The molecule has 136 valence electrons. The Morgan fingerprint density at radius 2 is 2.08 bits per heavy atom. The molecule has 0 bridgehead atoms. The maximum absolute atomic E-state index is 13.2. The second-order valence-corrected chi connectivity index (χ2v) is 6.63. The number of hydrogen-bond donors (Lipinski definition) is 3. The van der Waals surface area contributed by atoms with Crippen LogP contribution in [0.25, 0.3) is 0 Å². The fraction of sp³-hybridized carbons (Fsp3) is 0.556. The van der Waals surface area contributed by atoms with Crippen LogP contribution in [-0.4, -0.2) is 60.8 Å². The fourth-order valence-electron chi connectivity index (χ4n) is 3.91. The molecule has 2 aliphatic heterocycles. The molecule has 0 radical (unpaired) electrons. The van der Waals surface area contributed by atoms with Crippen molar-refractivity contribution in [1.29, 1.82) is 0 Å². The minimum absolute atomic E-state index is 0.0233. The van der Waals surface area contributed by atoms with Crippen molar-refractivity contribution in [3.05, 3.63) is 29.8 Å². The number of benzene rings is 1. The molecule has 7 nitrogen and oxygen atoms in total. The largest absolute Gasteiger partial charge is 0.497 e. The molecule has 1 atom stereocenters. The first-order chi connectivity index (χ1) is 12.1. The maximum atomic E-state index is 13.2. The van der Waals surface area contributed by atoms with Gasteiger partial charge in [0.15, 0.2) is 0 Å². The molecule has 3 rings (SSSR count). The molecule has 7 heteroatoms. The van der Waals surface area contributed by atoms with Gasteiger partial charge < -0.3 is 20.5 Å². The summed E-state index contributed by atoms with van der Waals surface area (Å²) in [6.45, 7) is 1.44. The van der Waals surface area contributed by atoms with E-state index in [1.807, 2.05) is 24.3 Å². The number of nitrogens with zero attached hydrogens (tertiary/aromatic N) is 1. The van der Waals surface area contributed by atoms with Crippen LogP contribution in [0, 0.1) is 5.92 Å². The van der Waals surface area contributed by atoms with Crippen molar-refractivity contribution in [3.8, 4) is 5.75 Å². The second kappa shape index (κ2) is 7.41. The number of piperidine rings is 1. The van der Waals surface area contributed by atoms with E-state index in [1.165, 1.54) is 0 Å². The van der Waals surface area contributed by atoms with Gasteiger partial charge in [-0.2, -0.15) is 0 Å². The van der Waals surface area contributed by atoms with Crippen LogP contribution in [0.15, 0.2) is 24.3 Å². The number of rotatable bonds is 6. The van der Waals surface area contributed by atoms with Crippen molar-refractivity contribution < 1.29 is 19.4 Å². The molecule has 3 N–H and O–H groups in total. The molecule has 1 aromatic rings. The molecular formula is C18H25N3O4. The Morgan fingerprint density at radius 3 is 2.76 bits per heavy atom. The van der Waals surface area contributed by atoms with Gasteiger partial charge >= 0.3 is 6.03 Å². The highest BCUT2D eigenvalue weighted by molar-refractivity contribution is 6.07. The Labute approximate surface area is 147 Å². The first kappa shape index (κ1) is 17.7. The topological polar surface area (TPSA) is 90.9 Å². The Morgan fingerprint density at radius 1 is 1.32 bits per heavy atom. The van der Waals surface area contributed by atoms with E-state index in [0.29, 0.717) is 6.42 Å². The summed E-state index contributed by atoms with van der Waals surface area (Å²) in [6.07, 6.45) is 2.06. The summed E-state index contributed by atoms with van der Waals surface area (Å²) in [4.78, 5) is 26.7. The molecule has 2 saturated heterocycles. The Hall–Kier alpha value is -2.12. The predicted octanol–water partition coefficient (Wildman–Crippen LogP) is 0.520. The van der Waals surface area contributed by atoms with Crippen LogP contribution in [-0.2, 0) is 11.2 Å². The van der Waals surface area contributed by atoms with E-state index in [4.69, 9.17) is 4.74 Å². The highest BCUT2D eigenvalue weighted by Crippen LogP contribution is 2.35. The third-order valence-corrected chi connectivity index (χ3v) is 5.18. The molecule has 0 saturated carbocycles. The lowest BCUT2D eigenvalue weighted by atomic mass is 9.74. The highest BCUT2D eigenvalue weighted by atomic mass is 16.5. The quantitative estimate of drug-likeness (QED) is 0.653. The van der Waals surface area contributed by atoms with Gasteiger partial charge in [0.1, 0.15) is 11.3 Å². The SMILES string of the molecule is COc1cccc(CC2(C3CCNCC3)NC(=O)N(CCO)C2=O)c1. The number of imide groups is 1. The van der Waals surface area contributed by atoms with Crippen LogP contribution < -0.4 is 15.4 Å². The minimum Gasteiger partial charge on any atom is -0.497 e. The molecule has 2 fully saturated rings. The van der Waals surface area contributed by atoms with Crippen LogP contribution in [0.2, 0.25) is 0 Å². The molecule has 25 heavy (non-hydrogen) atoms. The fourth-order valence-corrected chi connectivity index (χ4v) is 3.91. The summed E-state index contributed by atoms with van der Waals surface area (Å²) in [5.41, 5.74) is -0.0156. The van der Waals surface area contributed by atoms with E-state index in [2.05, 4.69) is 10.6 Å². The molecule has 3 amide bonds. The molecule has 2 heterocycles. The van der Waals surface area contributed by atoms with Crippen molar-refractivity contribution in [1.82, 2.24) is 15.5 Å². The average molecular weight is 347 g/mol. The van der Waals surface area contributed by atoms with Gasteiger partial charge in [-0.25, -0.2) is 4.79 Å². The number of ether oxygens (including phenoxy) is 1. The number of methoxy groups -OCH3 is 1. The molecule has 1 aromatic carbocycles. The number of carbonyl (C=O) groups excluding carboxylic acids is 2. The van der Waals surface area contributed by atoms with Gasteiger partial charge in [0.25, 0.3) is 5.91 Å². The Bertz CT molecular complexity index is 645. The Kier molecular flexibility index (Phi) is 5.24. The Balaban J connectivity index is 1.94. The summed E-state index contributed by atoms with van der Waals surface area (Å²) in [5, 5.41) is 15.5. The van der Waals surface area contributed by atoms with Gasteiger partial charge in [-0.05, 0) is 49.5 Å². The molecule has 0 spiro atoms. The number of β-amino-alcohol motifs (C(OH)–C–C–N with tert-alkyl or cyclic N) is 1. The first-order valence-electron chi connectivity index (χ1n) is 8.69. The number of amides is 3. The molecule has 2 aliphatic rings. The average Bonchev–Trinajstić information content (AvgIpc) is 2.88. The van der Waals surface area contributed by atoms with Crippen molar-refractivity contribution in [2.24, 2.45) is 5.92 Å². The van der Waals surface area contributed by atoms with Crippen LogP contribution in [0.4, 0.5) is 4.79 Å². The number of urea groups is 1. The zero-order valence-corrected chi connectivity index (χ0v) is 14.5. The number of nitrogens with one attached hydrogen (secondary N) is 2. The van der Waals surface area contributed by atoms with E-state index in [-0.39, 0.29) is 25.0 Å². The van der Waals surface area contributed by atoms with Gasteiger partial charge in [-0.1, -0.05) is 12.1 Å². The van der Waals surface area contributed by atoms with Crippen molar-refractivity contribution >= 4 is 11.9 Å². The summed E-state index contributed by atoms with van der Waals surface area (Å²) in [7, 11) is 1.60. The van der Waals surface area contributed by atoms with Crippen LogP contribution in [0.1, 0.15) is 18.4 Å². The highest BCUT2D eigenvalue weighted by Gasteiger charge is 2.55. The van der Waals surface area contributed by atoms with Crippen molar-refractivity contribution in [2.45, 2.75) is 24.8 Å². The number of carbonyl (C=O) groups is 2. The van der Waals surface area contributed by atoms with Crippen LogP contribution in [0.5, 0.6) is 5.75 Å². The lowest BCUT2D eigenvalue weighted by molar-refractivity contribution is -0.134. The number of hydrogen-bond acceptors (Lipinski definition) is 5. The minimum atomic E-state index is -0.958. The normalized spacial score (nSPS) is 24.5. The summed E-state index contributed by atoms with van der Waals surface area (Å²) < 4.78 is 5.28.